The van der Waals surface area contributed by atoms with E-state index in [0.717, 1.165) is 28.6 Å². The highest BCUT2D eigenvalue weighted by molar-refractivity contribution is 7.14. The number of thiophene rings is 1. The minimum atomic E-state index is 0.0816. The van der Waals surface area contributed by atoms with Crippen LogP contribution in [0.4, 0.5) is 0 Å². The van der Waals surface area contributed by atoms with E-state index >= 15 is 0 Å². The summed E-state index contributed by atoms with van der Waals surface area (Å²) in [5.74, 6) is 0. The molecule has 0 aliphatic carbocycles. The van der Waals surface area contributed by atoms with Crippen LogP contribution in [-0.2, 0) is 0 Å². The van der Waals surface area contributed by atoms with Crippen LogP contribution in [0.1, 0.15) is 33.3 Å². The van der Waals surface area contributed by atoms with Gasteiger partial charge in [-0.25, -0.2) is 4.98 Å². The highest BCUT2D eigenvalue weighted by atomic mass is 35.5. The SMILES string of the molecule is Cc1ccc2cc(C3CC(c4ccc(C)s4)=NN3)c(Cl)nc2c1. The van der Waals surface area contributed by atoms with Gasteiger partial charge >= 0.3 is 0 Å². The molecule has 1 unspecified atom stereocenters. The summed E-state index contributed by atoms with van der Waals surface area (Å²) in [6.45, 7) is 4.17. The normalized spacial score (nSPS) is 17.3. The number of halogens is 1. The van der Waals surface area contributed by atoms with E-state index in [1.54, 1.807) is 11.3 Å². The molecular weight excluding hydrogens is 326 g/mol. The average Bonchev–Trinajstić information content (AvgIpc) is 3.15. The van der Waals surface area contributed by atoms with Gasteiger partial charge in [0.15, 0.2) is 0 Å². The highest BCUT2D eigenvalue weighted by Crippen LogP contribution is 2.32. The number of fused-ring (bicyclic) bond motifs is 1. The Labute approximate surface area is 144 Å². The molecule has 4 rings (SSSR count). The van der Waals surface area contributed by atoms with Gasteiger partial charge in [0.05, 0.1) is 22.1 Å². The minimum Gasteiger partial charge on any atom is -0.302 e. The van der Waals surface area contributed by atoms with Crippen molar-refractivity contribution >= 4 is 39.6 Å². The molecule has 0 spiro atoms. The molecule has 0 saturated carbocycles. The number of aromatic nitrogens is 1. The first-order chi connectivity index (χ1) is 11.1. The summed E-state index contributed by atoms with van der Waals surface area (Å²) in [5.41, 5.74) is 7.44. The Kier molecular flexibility index (Phi) is 3.58. The van der Waals surface area contributed by atoms with E-state index in [1.165, 1.54) is 15.3 Å². The molecule has 1 aliphatic rings. The number of pyridine rings is 1. The smallest absolute Gasteiger partial charge is 0.135 e. The van der Waals surface area contributed by atoms with Crippen LogP contribution in [-0.4, -0.2) is 10.7 Å². The number of hydrogen-bond donors (Lipinski definition) is 1. The zero-order valence-electron chi connectivity index (χ0n) is 12.9. The zero-order valence-corrected chi connectivity index (χ0v) is 14.5. The summed E-state index contributed by atoms with van der Waals surface area (Å²) in [6, 6.07) is 12.7. The van der Waals surface area contributed by atoms with Crippen LogP contribution in [0.3, 0.4) is 0 Å². The number of nitrogens with one attached hydrogen (secondary N) is 1. The molecule has 1 aromatic carbocycles. The highest BCUT2D eigenvalue weighted by Gasteiger charge is 2.24. The van der Waals surface area contributed by atoms with Gasteiger partial charge in [-0.1, -0.05) is 23.7 Å². The standard InChI is InChI=1S/C18H16ClN3S/c1-10-3-5-12-8-13(18(19)20-14(12)7-10)15-9-16(22-21-15)17-6-4-11(2)23-17/h3-8,15,21H,9H2,1-2H3. The Bertz CT molecular complexity index is 929. The largest absolute Gasteiger partial charge is 0.302 e. The average molecular weight is 342 g/mol. The molecule has 1 N–H and O–H groups in total. The van der Waals surface area contributed by atoms with Crippen LogP contribution in [0.5, 0.6) is 0 Å². The quantitative estimate of drug-likeness (QED) is 0.665. The van der Waals surface area contributed by atoms with E-state index in [-0.39, 0.29) is 6.04 Å². The molecule has 0 fully saturated rings. The van der Waals surface area contributed by atoms with E-state index in [9.17, 15) is 0 Å². The fourth-order valence-corrected chi connectivity index (χ4v) is 4.02. The Morgan fingerprint density at radius 3 is 2.83 bits per heavy atom. The van der Waals surface area contributed by atoms with Gasteiger partial charge in [0.1, 0.15) is 5.15 Å². The van der Waals surface area contributed by atoms with Crippen molar-refractivity contribution in [1.82, 2.24) is 10.4 Å². The van der Waals surface area contributed by atoms with Crippen molar-refractivity contribution in [2.75, 3.05) is 0 Å². The van der Waals surface area contributed by atoms with Crippen LogP contribution in [0.15, 0.2) is 41.5 Å². The van der Waals surface area contributed by atoms with Gasteiger partial charge in [0.2, 0.25) is 0 Å². The molecule has 0 bridgehead atoms. The fraction of sp³-hybridized carbons (Fsp3) is 0.222. The maximum absolute atomic E-state index is 6.43. The number of benzene rings is 1. The van der Waals surface area contributed by atoms with Crippen molar-refractivity contribution < 1.29 is 0 Å². The van der Waals surface area contributed by atoms with Crippen molar-refractivity contribution in [3.8, 4) is 0 Å². The second kappa shape index (κ2) is 5.62. The first-order valence-electron chi connectivity index (χ1n) is 7.56. The first-order valence-corrected chi connectivity index (χ1v) is 8.75. The van der Waals surface area contributed by atoms with Crippen molar-refractivity contribution in [2.45, 2.75) is 26.3 Å². The zero-order chi connectivity index (χ0) is 16.0. The molecule has 5 heteroatoms. The third-order valence-electron chi connectivity index (χ3n) is 4.11. The van der Waals surface area contributed by atoms with E-state index in [4.69, 9.17) is 11.6 Å². The van der Waals surface area contributed by atoms with Crippen molar-refractivity contribution in [3.05, 3.63) is 62.4 Å². The monoisotopic (exact) mass is 341 g/mol. The Balaban J connectivity index is 1.65. The van der Waals surface area contributed by atoms with Crippen LogP contribution >= 0.6 is 22.9 Å². The van der Waals surface area contributed by atoms with Crippen molar-refractivity contribution in [2.24, 2.45) is 5.10 Å². The summed E-state index contributed by atoms with van der Waals surface area (Å²) >= 11 is 8.21. The molecule has 3 heterocycles. The summed E-state index contributed by atoms with van der Waals surface area (Å²) < 4.78 is 0. The number of rotatable bonds is 2. The van der Waals surface area contributed by atoms with Crippen LogP contribution < -0.4 is 5.43 Å². The maximum Gasteiger partial charge on any atom is 0.135 e. The Morgan fingerprint density at radius 1 is 1.17 bits per heavy atom. The second-order valence-corrected chi connectivity index (χ2v) is 7.57. The third kappa shape index (κ3) is 2.73. The first kappa shape index (κ1) is 14.7. The summed E-state index contributed by atoms with van der Waals surface area (Å²) in [6.07, 6.45) is 0.832. The molecular formula is C18H16ClN3S. The molecule has 3 nitrogen and oxygen atoms in total. The third-order valence-corrected chi connectivity index (χ3v) is 5.46. The van der Waals surface area contributed by atoms with Gasteiger partial charge in [-0.2, -0.15) is 5.10 Å². The van der Waals surface area contributed by atoms with Gasteiger partial charge in [-0.3, -0.25) is 0 Å². The Morgan fingerprint density at radius 2 is 2.04 bits per heavy atom. The maximum atomic E-state index is 6.43. The van der Waals surface area contributed by atoms with E-state index in [0.29, 0.717) is 5.15 Å². The van der Waals surface area contributed by atoms with E-state index in [1.807, 2.05) is 0 Å². The summed E-state index contributed by atoms with van der Waals surface area (Å²) in [4.78, 5) is 7.08. The van der Waals surface area contributed by atoms with Gasteiger partial charge < -0.3 is 5.43 Å². The van der Waals surface area contributed by atoms with Crippen LogP contribution in [0.2, 0.25) is 5.15 Å². The van der Waals surface area contributed by atoms with Gasteiger partial charge in [-0.15, -0.1) is 11.3 Å². The lowest BCUT2D eigenvalue weighted by atomic mass is 10.0. The molecule has 0 amide bonds. The minimum absolute atomic E-state index is 0.0816. The number of hydrogen-bond acceptors (Lipinski definition) is 4. The van der Waals surface area contributed by atoms with Gasteiger partial charge in [0.25, 0.3) is 0 Å². The molecule has 3 aromatic rings. The topological polar surface area (TPSA) is 37.3 Å². The lowest BCUT2D eigenvalue weighted by Crippen LogP contribution is -2.11. The van der Waals surface area contributed by atoms with E-state index < -0.39 is 0 Å². The van der Waals surface area contributed by atoms with Crippen LogP contribution in [0, 0.1) is 13.8 Å². The fourth-order valence-electron chi connectivity index (χ4n) is 2.88. The van der Waals surface area contributed by atoms with Crippen LogP contribution in [0.25, 0.3) is 10.9 Å². The lowest BCUT2D eigenvalue weighted by Gasteiger charge is -2.13. The summed E-state index contributed by atoms with van der Waals surface area (Å²) in [7, 11) is 0. The van der Waals surface area contributed by atoms with Crippen molar-refractivity contribution in [3.63, 3.8) is 0 Å². The molecule has 0 saturated heterocycles. The van der Waals surface area contributed by atoms with E-state index in [2.05, 4.69) is 65.8 Å². The Hall–Kier alpha value is -1.91. The molecule has 0 radical (unpaired) electrons. The summed E-state index contributed by atoms with van der Waals surface area (Å²) in [5, 5.41) is 6.17. The number of nitrogens with zero attached hydrogens (tertiary/aromatic N) is 2. The molecule has 1 aliphatic heterocycles. The van der Waals surface area contributed by atoms with Crippen molar-refractivity contribution in [1.29, 1.82) is 0 Å². The molecule has 23 heavy (non-hydrogen) atoms. The number of aryl methyl sites for hydroxylation is 2. The van der Waals surface area contributed by atoms with Gasteiger partial charge in [-0.05, 0) is 43.7 Å². The number of hydrazone groups is 1. The predicted octanol–water partition coefficient (Wildman–Crippen LogP) is 5.01. The molecule has 1 atom stereocenters. The van der Waals surface area contributed by atoms with Gasteiger partial charge in [0, 0.05) is 22.2 Å². The predicted molar refractivity (Wildman–Crippen MR) is 97.6 cm³/mol. The lowest BCUT2D eigenvalue weighted by molar-refractivity contribution is 0.619. The molecule has 2 aromatic heterocycles. The molecule has 116 valence electrons. The second-order valence-electron chi connectivity index (χ2n) is 5.92.